The lowest BCUT2D eigenvalue weighted by Crippen LogP contribution is -2.15. The van der Waals surface area contributed by atoms with Gasteiger partial charge in [0, 0.05) is 18.3 Å². The van der Waals surface area contributed by atoms with Gasteiger partial charge < -0.3 is 9.88 Å². The van der Waals surface area contributed by atoms with Crippen molar-refractivity contribution in [2.75, 3.05) is 5.32 Å². The highest BCUT2D eigenvalue weighted by molar-refractivity contribution is 6.04. The Kier molecular flexibility index (Phi) is 3.39. The summed E-state index contributed by atoms with van der Waals surface area (Å²) < 4.78 is 1.83. The molecule has 0 spiro atoms. The zero-order valence-corrected chi connectivity index (χ0v) is 11.2. The van der Waals surface area contributed by atoms with E-state index >= 15 is 0 Å². The van der Waals surface area contributed by atoms with E-state index in [0.717, 1.165) is 11.3 Å². The van der Waals surface area contributed by atoms with Crippen molar-refractivity contribution in [2.45, 2.75) is 13.8 Å². The summed E-state index contributed by atoms with van der Waals surface area (Å²) in [4.78, 5) is 12.1. The summed E-state index contributed by atoms with van der Waals surface area (Å²) in [6.07, 6.45) is 0. The summed E-state index contributed by atoms with van der Waals surface area (Å²) in [7, 11) is 1.84. The second-order valence-electron chi connectivity index (χ2n) is 4.42. The van der Waals surface area contributed by atoms with Crippen LogP contribution in [-0.2, 0) is 7.05 Å². The quantitative estimate of drug-likeness (QED) is 0.894. The van der Waals surface area contributed by atoms with Gasteiger partial charge in [0.2, 0.25) is 0 Å². The Labute approximate surface area is 112 Å². The van der Waals surface area contributed by atoms with Crippen molar-refractivity contribution >= 4 is 11.7 Å². The number of hydrogen-bond donors (Lipinski definition) is 1. The third kappa shape index (κ3) is 2.23. The van der Waals surface area contributed by atoms with Crippen LogP contribution in [0.4, 0.5) is 5.82 Å². The van der Waals surface area contributed by atoms with Crippen LogP contribution in [0.2, 0.25) is 0 Å². The van der Waals surface area contributed by atoms with Gasteiger partial charge in [0.15, 0.2) is 0 Å². The largest absolute Gasteiger partial charge is 0.334 e. The highest BCUT2D eigenvalue weighted by atomic mass is 16.1. The molecule has 0 saturated heterocycles. The molecule has 0 aliphatic carbocycles. The molecule has 4 nitrogen and oxygen atoms in total. The number of benzene rings is 1. The predicted molar refractivity (Wildman–Crippen MR) is 74.0 cm³/mol. The van der Waals surface area contributed by atoms with E-state index < -0.39 is 0 Å². The topological polar surface area (TPSA) is 57.8 Å². The van der Waals surface area contributed by atoms with Crippen molar-refractivity contribution < 1.29 is 4.79 Å². The minimum Gasteiger partial charge on any atom is -0.334 e. The van der Waals surface area contributed by atoms with E-state index in [0.29, 0.717) is 16.9 Å². The van der Waals surface area contributed by atoms with Crippen LogP contribution in [0.3, 0.4) is 0 Å². The van der Waals surface area contributed by atoms with Crippen LogP contribution in [0, 0.1) is 25.2 Å². The Morgan fingerprint density at radius 2 is 1.89 bits per heavy atom. The Morgan fingerprint density at radius 1 is 1.26 bits per heavy atom. The van der Waals surface area contributed by atoms with Crippen molar-refractivity contribution in [3.63, 3.8) is 0 Å². The second-order valence-corrected chi connectivity index (χ2v) is 4.42. The number of nitriles is 1. The molecule has 0 atom stereocenters. The summed E-state index contributed by atoms with van der Waals surface area (Å²) >= 11 is 0. The number of anilines is 1. The highest BCUT2D eigenvalue weighted by Gasteiger charge is 2.17. The zero-order valence-electron chi connectivity index (χ0n) is 11.2. The van der Waals surface area contributed by atoms with Crippen LogP contribution in [0.1, 0.15) is 27.2 Å². The number of nitrogens with zero attached hydrogens (tertiary/aromatic N) is 2. The fourth-order valence-electron chi connectivity index (χ4n) is 2.00. The number of carbonyl (C=O) groups is 1. The molecule has 0 aliphatic rings. The number of amides is 1. The molecule has 1 amide bonds. The van der Waals surface area contributed by atoms with Gasteiger partial charge in [0.1, 0.15) is 11.9 Å². The molecule has 2 rings (SSSR count). The maximum Gasteiger partial charge on any atom is 0.256 e. The van der Waals surface area contributed by atoms with Crippen molar-refractivity contribution in [1.29, 1.82) is 5.26 Å². The van der Waals surface area contributed by atoms with Crippen molar-refractivity contribution in [3.8, 4) is 6.07 Å². The fourth-order valence-corrected chi connectivity index (χ4v) is 2.00. The first kappa shape index (κ1) is 12.9. The molecule has 1 N–H and O–H groups in total. The molecular formula is C15H15N3O. The maximum atomic E-state index is 12.1. The monoisotopic (exact) mass is 253 g/mol. The van der Waals surface area contributed by atoms with Crippen molar-refractivity contribution in [2.24, 2.45) is 7.05 Å². The zero-order chi connectivity index (χ0) is 14.0. The molecule has 1 aromatic carbocycles. The van der Waals surface area contributed by atoms with Gasteiger partial charge in [-0.2, -0.15) is 5.26 Å². The molecule has 0 radical (unpaired) electrons. The van der Waals surface area contributed by atoms with E-state index in [1.807, 2.05) is 43.7 Å². The van der Waals surface area contributed by atoms with Gasteiger partial charge in [0.05, 0.1) is 5.56 Å². The molecule has 0 bridgehead atoms. The molecule has 4 heteroatoms. The normalized spacial score (nSPS) is 10.0. The van der Waals surface area contributed by atoms with Crippen LogP contribution in [0.25, 0.3) is 0 Å². The van der Waals surface area contributed by atoms with E-state index in [1.165, 1.54) is 0 Å². The average Bonchev–Trinajstić information content (AvgIpc) is 2.64. The van der Waals surface area contributed by atoms with Gasteiger partial charge in [-0.05, 0) is 31.5 Å². The van der Waals surface area contributed by atoms with Gasteiger partial charge in [-0.3, -0.25) is 4.79 Å². The summed E-state index contributed by atoms with van der Waals surface area (Å²) in [5.74, 6) is 0.337. The standard InChI is InChI=1S/C15H15N3O/c1-10-11(2)18(3)14(13(10)9-16)17-15(19)12-7-5-4-6-8-12/h4-8H,1-3H3,(H,17,19). The Bertz CT molecular complexity index is 663. The number of carbonyl (C=O) groups excluding carboxylic acids is 1. The maximum absolute atomic E-state index is 12.1. The molecule has 0 aliphatic heterocycles. The molecular weight excluding hydrogens is 238 g/mol. The fraction of sp³-hybridized carbons (Fsp3) is 0.200. The highest BCUT2D eigenvalue weighted by Crippen LogP contribution is 2.25. The smallest absolute Gasteiger partial charge is 0.256 e. The average molecular weight is 253 g/mol. The van der Waals surface area contributed by atoms with Gasteiger partial charge in [-0.1, -0.05) is 18.2 Å². The third-order valence-corrected chi connectivity index (χ3v) is 3.37. The van der Waals surface area contributed by atoms with E-state index in [4.69, 9.17) is 0 Å². The number of hydrogen-bond acceptors (Lipinski definition) is 2. The van der Waals surface area contributed by atoms with Gasteiger partial charge in [0.25, 0.3) is 5.91 Å². The third-order valence-electron chi connectivity index (χ3n) is 3.37. The molecule has 0 unspecified atom stereocenters. The Balaban J connectivity index is 2.38. The lowest BCUT2D eigenvalue weighted by molar-refractivity contribution is 0.102. The molecule has 0 saturated carbocycles. The van der Waals surface area contributed by atoms with Crippen LogP contribution in [0.15, 0.2) is 30.3 Å². The summed E-state index contributed by atoms with van der Waals surface area (Å²) in [6, 6.07) is 11.1. The number of nitrogens with one attached hydrogen (secondary N) is 1. The van der Waals surface area contributed by atoms with Crippen molar-refractivity contribution in [1.82, 2.24) is 4.57 Å². The number of rotatable bonds is 2. The lowest BCUT2D eigenvalue weighted by atomic mass is 10.2. The second kappa shape index (κ2) is 4.99. The van der Waals surface area contributed by atoms with E-state index in [1.54, 1.807) is 12.1 Å². The Hall–Kier alpha value is -2.54. The van der Waals surface area contributed by atoms with Crippen LogP contribution < -0.4 is 5.32 Å². The van der Waals surface area contributed by atoms with Crippen LogP contribution >= 0.6 is 0 Å². The molecule has 96 valence electrons. The molecule has 1 heterocycles. The summed E-state index contributed by atoms with van der Waals surface area (Å²) in [5.41, 5.74) is 2.96. The van der Waals surface area contributed by atoms with Crippen LogP contribution in [0.5, 0.6) is 0 Å². The van der Waals surface area contributed by atoms with Gasteiger partial charge in [-0.25, -0.2) is 0 Å². The van der Waals surface area contributed by atoms with E-state index in [-0.39, 0.29) is 5.91 Å². The molecule has 19 heavy (non-hydrogen) atoms. The van der Waals surface area contributed by atoms with E-state index in [2.05, 4.69) is 11.4 Å². The Morgan fingerprint density at radius 3 is 2.47 bits per heavy atom. The SMILES string of the molecule is Cc1c(C#N)c(NC(=O)c2ccccc2)n(C)c1C. The summed E-state index contributed by atoms with van der Waals surface area (Å²) in [5, 5.41) is 12.0. The molecule has 2 aromatic rings. The molecule has 0 fully saturated rings. The van der Waals surface area contributed by atoms with Gasteiger partial charge >= 0.3 is 0 Å². The first-order valence-corrected chi connectivity index (χ1v) is 5.98. The van der Waals surface area contributed by atoms with E-state index in [9.17, 15) is 10.1 Å². The first-order valence-electron chi connectivity index (χ1n) is 5.98. The van der Waals surface area contributed by atoms with Gasteiger partial charge in [-0.15, -0.1) is 0 Å². The minimum absolute atomic E-state index is 0.210. The minimum atomic E-state index is -0.210. The lowest BCUT2D eigenvalue weighted by Gasteiger charge is -2.08. The first-order chi connectivity index (χ1) is 9.06. The molecule has 1 aromatic heterocycles. The van der Waals surface area contributed by atoms with Crippen molar-refractivity contribution in [3.05, 3.63) is 52.7 Å². The van der Waals surface area contributed by atoms with Crippen LogP contribution in [-0.4, -0.2) is 10.5 Å². The number of aromatic nitrogens is 1. The predicted octanol–water partition coefficient (Wildman–Crippen LogP) is 2.77. The summed E-state index contributed by atoms with van der Waals surface area (Å²) in [6.45, 7) is 3.81.